The highest BCUT2D eigenvalue weighted by molar-refractivity contribution is 5.94. The van der Waals surface area contributed by atoms with Gasteiger partial charge in [0.2, 0.25) is 5.91 Å². The lowest BCUT2D eigenvalue weighted by Gasteiger charge is -2.24. The number of hydrogen-bond donors (Lipinski definition) is 2. The van der Waals surface area contributed by atoms with Gasteiger partial charge in [-0.1, -0.05) is 25.1 Å². The maximum Gasteiger partial charge on any atom is 0.255 e. The highest BCUT2D eigenvalue weighted by Crippen LogP contribution is 2.40. The zero-order valence-electron chi connectivity index (χ0n) is 17.4. The van der Waals surface area contributed by atoms with Gasteiger partial charge in [0.05, 0.1) is 19.0 Å². The number of ether oxygens (including phenoxy) is 2. The van der Waals surface area contributed by atoms with E-state index in [2.05, 4.69) is 29.5 Å². The highest BCUT2D eigenvalue weighted by Gasteiger charge is 2.31. The summed E-state index contributed by atoms with van der Waals surface area (Å²) in [4.78, 5) is 23.5. The van der Waals surface area contributed by atoms with E-state index in [1.807, 2.05) is 24.3 Å². The van der Waals surface area contributed by atoms with Crippen LogP contribution in [0.1, 0.15) is 36.0 Å². The predicted octanol–water partition coefficient (Wildman–Crippen LogP) is 2.78. The number of rotatable bonds is 7. The van der Waals surface area contributed by atoms with Crippen molar-refractivity contribution in [2.45, 2.75) is 25.7 Å². The van der Waals surface area contributed by atoms with E-state index in [0.717, 1.165) is 23.2 Å². The molecule has 8 heteroatoms. The number of carbonyl (C=O) groups excluding carboxylic acids is 2. The molecule has 31 heavy (non-hydrogen) atoms. The maximum absolute atomic E-state index is 12.5. The molecule has 0 saturated heterocycles. The van der Waals surface area contributed by atoms with Crippen molar-refractivity contribution in [1.82, 2.24) is 9.78 Å². The first-order chi connectivity index (χ1) is 15.0. The van der Waals surface area contributed by atoms with Crippen LogP contribution in [0.3, 0.4) is 0 Å². The van der Waals surface area contributed by atoms with Gasteiger partial charge in [0.15, 0.2) is 18.1 Å². The van der Waals surface area contributed by atoms with E-state index < -0.39 is 5.91 Å². The van der Waals surface area contributed by atoms with E-state index in [4.69, 9.17) is 15.2 Å². The van der Waals surface area contributed by atoms with Gasteiger partial charge in [-0.2, -0.15) is 5.10 Å². The Morgan fingerprint density at radius 2 is 2.00 bits per heavy atom. The minimum atomic E-state index is -0.570. The molecule has 1 atom stereocenters. The van der Waals surface area contributed by atoms with Crippen molar-refractivity contribution in [2.75, 3.05) is 19.0 Å². The van der Waals surface area contributed by atoms with E-state index in [0.29, 0.717) is 17.3 Å². The first-order valence-corrected chi connectivity index (χ1v) is 10.1. The Kier molecular flexibility index (Phi) is 5.62. The van der Waals surface area contributed by atoms with E-state index >= 15 is 0 Å². The second-order valence-corrected chi connectivity index (χ2v) is 7.35. The molecule has 0 radical (unpaired) electrons. The number of aromatic nitrogens is 2. The van der Waals surface area contributed by atoms with Crippen LogP contribution >= 0.6 is 0 Å². The fourth-order valence-corrected chi connectivity index (χ4v) is 3.75. The molecule has 4 rings (SSSR count). The number of hydrogen-bond acceptors (Lipinski definition) is 5. The second-order valence-electron chi connectivity index (χ2n) is 7.35. The number of methoxy groups -OCH3 is 1. The molecule has 160 valence electrons. The van der Waals surface area contributed by atoms with Crippen molar-refractivity contribution in [2.24, 2.45) is 5.73 Å². The zero-order valence-corrected chi connectivity index (χ0v) is 17.4. The number of benzene rings is 2. The quantitative estimate of drug-likeness (QED) is 0.611. The number of primary amides is 1. The molecule has 2 amide bonds. The minimum Gasteiger partial charge on any atom is -0.493 e. The zero-order chi connectivity index (χ0) is 22.0. The van der Waals surface area contributed by atoms with Crippen molar-refractivity contribution in [3.63, 3.8) is 0 Å². The number of fused-ring (bicyclic) bond motifs is 1. The Morgan fingerprint density at radius 1 is 1.23 bits per heavy atom. The minimum absolute atomic E-state index is 0.0857. The van der Waals surface area contributed by atoms with Crippen molar-refractivity contribution in [3.8, 4) is 17.2 Å². The summed E-state index contributed by atoms with van der Waals surface area (Å²) < 4.78 is 12.6. The third-order valence-corrected chi connectivity index (χ3v) is 5.37. The van der Waals surface area contributed by atoms with E-state index in [-0.39, 0.29) is 24.9 Å². The Labute approximate surface area is 180 Å². The van der Waals surface area contributed by atoms with Crippen LogP contribution in [0.2, 0.25) is 0 Å². The van der Waals surface area contributed by atoms with Crippen LogP contribution in [0.5, 0.6) is 11.5 Å². The maximum atomic E-state index is 12.5. The number of anilines is 1. The van der Waals surface area contributed by atoms with Crippen LogP contribution in [-0.2, 0) is 16.0 Å². The lowest BCUT2D eigenvalue weighted by molar-refractivity contribution is -0.120. The number of nitrogens with two attached hydrogens (primary N) is 1. The molecule has 0 fully saturated rings. The first kappa shape index (κ1) is 20.5. The summed E-state index contributed by atoms with van der Waals surface area (Å²) in [6.07, 6.45) is 3.03. The molecular weight excluding hydrogens is 396 g/mol. The second kappa shape index (κ2) is 8.51. The number of nitrogens with zero attached hydrogens (tertiary/aromatic N) is 2. The van der Waals surface area contributed by atoms with Gasteiger partial charge in [-0.3, -0.25) is 9.59 Å². The summed E-state index contributed by atoms with van der Waals surface area (Å²) >= 11 is 0. The molecular formula is C23H24N4O4. The molecule has 1 aliphatic rings. The number of carbonyl (C=O) groups is 2. The molecule has 0 aliphatic carbocycles. The highest BCUT2D eigenvalue weighted by atomic mass is 16.5. The Morgan fingerprint density at radius 3 is 2.68 bits per heavy atom. The molecule has 1 aromatic heterocycles. The molecule has 0 saturated carbocycles. The molecule has 3 N–H and O–H groups in total. The first-order valence-electron chi connectivity index (χ1n) is 10.1. The van der Waals surface area contributed by atoms with Crippen LogP contribution in [0.4, 0.5) is 5.82 Å². The van der Waals surface area contributed by atoms with Crippen LogP contribution in [0.25, 0.3) is 5.69 Å². The van der Waals surface area contributed by atoms with Gasteiger partial charge < -0.3 is 20.5 Å². The summed E-state index contributed by atoms with van der Waals surface area (Å²) in [5, 5.41) is 7.50. The molecule has 0 bridgehead atoms. The third kappa shape index (κ3) is 4.09. The molecule has 1 unspecified atom stereocenters. The Bertz CT molecular complexity index is 1120. The standard InChI is InChI=1S/C23H24N4O4/c1-3-14-4-7-16(8-5-14)27-23-18(12-25-27)17(11-22(29)26-23)15-6-9-19(20(10-15)30-2)31-13-21(24)28/h4-10,12,17H,3,11,13H2,1-2H3,(H2,24,28)(H,26,29). The molecule has 1 aliphatic heterocycles. The summed E-state index contributed by atoms with van der Waals surface area (Å²) in [5.74, 6) is 0.702. The Hall–Kier alpha value is -3.81. The summed E-state index contributed by atoms with van der Waals surface area (Å²) in [5.41, 5.74) is 9.08. The lowest BCUT2D eigenvalue weighted by Crippen LogP contribution is -2.24. The third-order valence-electron chi connectivity index (χ3n) is 5.37. The molecule has 8 nitrogen and oxygen atoms in total. The van der Waals surface area contributed by atoms with E-state index in [1.165, 1.54) is 12.7 Å². The monoisotopic (exact) mass is 420 g/mol. The summed E-state index contributed by atoms with van der Waals surface area (Å²) in [7, 11) is 1.52. The van der Waals surface area contributed by atoms with Crippen LogP contribution in [-0.4, -0.2) is 35.3 Å². The SMILES string of the molecule is CCc1ccc(-n2ncc3c2NC(=O)CC3c2ccc(OCC(N)=O)c(OC)c2)cc1. The Balaban J connectivity index is 1.69. The van der Waals surface area contributed by atoms with Crippen molar-refractivity contribution in [1.29, 1.82) is 0 Å². The summed E-state index contributed by atoms with van der Waals surface area (Å²) in [6, 6.07) is 13.5. The van der Waals surface area contributed by atoms with Gasteiger partial charge in [-0.25, -0.2) is 4.68 Å². The van der Waals surface area contributed by atoms with E-state index in [9.17, 15) is 9.59 Å². The molecule has 2 heterocycles. The average Bonchev–Trinajstić information content (AvgIpc) is 3.20. The normalized spacial score (nSPS) is 15.2. The number of aryl methyl sites for hydroxylation is 1. The average molecular weight is 420 g/mol. The fourth-order valence-electron chi connectivity index (χ4n) is 3.75. The molecule has 3 aromatic rings. The van der Waals surface area contributed by atoms with Gasteiger partial charge in [-0.05, 0) is 41.8 Å². The number of amides is 2. The van der Waals surface area contributed by atoms with Gasteiger partial charge in [0.25, 0.3) is 5.91 Å². The van der Waals surface area contributed by atoms with E-state index in [1.54, 1.807) is 16.9 Å². The van der Waals surface area contributed by atoms with Crippen LogP contribution in [0.15, 0.2) is 48.7 Å². The largest absolute Gasteiger partial charge is 0.493 e. The number of nitrogens with one attached hydrogen (secondary N) is 1. The van der Waals surface area contributed by atoms with Gasteiger partial charge in [-0.15, -0.1) is 0 Å². The topological polar surface area (TPSA) is 108 Å². The molecule has 0 spiro atoms. The molecule has 2 aromatic carbocycles. The van der Waals surface area contributed by atoms with Crippen molar-refractivity contribution >= 4 is 17.6 Å². The summed E-state index contributed by atoms with van der Waals surface area (Å²) in [6.45, 7) is 1.86. The van der Waals surface area contributed by atoms with Crippen LogP contribution in [0, 0.1) is 0 Å². The lowest BCUT2D eigenvalue weighted by atomic mass is 9.87. The predicted molar refractivity (Wildman–Crippen MR) is 116 cm³/mol. The smallest absolute Gasteiger partial charge is 0.255 e. The van der Waals surface area contributed by atoms with Gasteiger partial charge in [0.1, 0.15) is 5.82 Å². The fraction of sp³-hybridized carbons (Fsp3) is 0.261. The van der Waals surface area contributed by atoms with Gasteiger partial charge in [0, 0.05) is 17.9 Å². The van der Waals surface area contributed by atoms with Gasteiger partial charge >= 0.3 is 0 Å². The van der Waals surface area contributed by atoms with Crippen LogP contribution < -0.4 is 20.5 Å². The van der Waals surface area contributed by atoms with Crippen molar-refractivity contribution < 1.29 is 19.1 Å². The van der Waals surface area contributed by atoms with Crippen molar-refractivity contribution in [3.05, 3.63) is 65.4 Å².